The minimum absolute atomic E-state index is 0.0174. The first-order valence-corrected chi connectivity index (χ1v) is 6.80. The lowest BCUT2D eigenvalue weighted by Crippen LogP contribution is -2.31. The minimum atomic E-state index is -0.0174. The molecular formula is C13H13N3OS. The zero-order valence-electron chi connectivity index (χ0n) is 9.80. The fourth-order valence-electron chi connectivity index (χ4n) is 2.04. The van der Waals surface area contributed by atoms with Gasteiger partial charge in [0.05, 0.1) is 22.5 Å². The third-order valence-corrected chi connectivity index (χ3v) is 4.28. The van der Waals surface area contributed by atoms with Crippen molar-refractivity contribution in [2.24, 2.45) is 4.99 Å². The number of thioether (sulfide) groups is 1. The van der Waals surface area contributed by atoms with Gasteiger partial charge in [-0.2, -0.15) is 0 Å². The first-order chi connectivity index (χ1) is 8.83. The van der Waals surface area contributed by atoms with Gasteiger partial charge in [-0.25, -0.2) is 0 Å². The van der Waals surface area contributed by atoms with Crippen molar-refractivity contribution in [1.82, 2.24) is 10.3 Å². The molecule has 1 amide bonds. The Morgan fingerprint density at radius 2 is 2.44 bits per heavy atom. The third-order valence-electron chi connectivity index (χ3n) is 3.00. The number of pyridine rings is 1. The molecule has 1 unspecified atom stereocenters. The lowest BCUT2D eigenvalue weighted by atomic mass is 10.1. The third kappa shape index (κ3) is 2.31. The Balaban J connectivity index is 1.53. The number of hydrogen-bond acceptors (Lipinski definition) is 4. The summed E-state index contributed by atoms with van der Waals surface area (Å²) >= 11 is 1.57. The summed E-state index contributed by atoms with van der Waals surface area (Å²) in [5, 5.41) is 3.96. The zero-order valence-corrected chi connectivity index (χ0v) is 10.6. The molecule has 1 aromatic heterocycles. The Morgan fingerprint density at radius 1 is 1.50 bits per heavy atom. The van der Waals surface area contributed by atoms with Gasteiger partial charge < -0.3 is 5.32 Å². The Labute approximate surface area is 110 Å². The molecule has 2 aliphatic rings. The molecule has 0 saturated heterocycles. The number of amides is 1. The first kappa shape index (κ1) is 11.5. The first-order valence-electron chi connectivity index (χ1n) is 5.92. The molecule has 2 aliphatic heterocycles. The highest BCUT2D eigenvalue weighted by Crippen LogP contribution is 2.42. The van der Waals surface area contributed by atoms with Gasteiger partial charge in [0.25, 0.3) is 0 Å². The van der Waals surface area contributed by atoms with Crippen LogP contribution in [0, 0.1) is 0 Å². The highest BCUT2D eigenvalue weighted by atomic mass is 32.2. The zero-order chi connectivity index (χ0) is 12.4. The van der Waals surface area contributed by atoms with Crippen molar-refractivity contribution >= 4 is 23.9 Å². The van der Waals surface area contributed by atoms with Crippen molar-refractivity contribution in [1.29, 1.82) is 0 Å². The summed E-state index contributed by atoms with van der Waals surface area (Å²) in [7, 11) is 0. The van der Waals surface area contributed by atoms with E-state index in [2.05, 4.69) is 15.3 Å². The Bertz CT molecular complexity index is 524. The summed E-state index contributed by atoms with van der Waals surface area (Å²) in [6, 6.07) is 5.69. The number of carbonyl (C=O) groups excluding carboxylic acids is 1. The molecular weight excluding hydrogens is 246 g/mol. The van der Waals surface area contributed by atoms with E-state index in [9.17, 15) is 4.79 Å². The number of nitrogens with zero attached hydrogens (tertiary/aromatic N) is 2. The molecule has 92 valence electrons. The van der Waals surface area contributed by atoms with Crippen LogP contribution in [0.5, 0.6) is 0 Å². The van der Waals surface area contributed by atoms with E-state index in [-0.39, 0.29) is 11.2 Å². The van der Waals surface area contributed by atoms with Crippen LogP contribution in [0.1, 0.15) is 18.5 Å². The summed E-state index contributed by atoms with van der Waals surface area (Å²) in [5.74, 6) is 0.0789. The molecule has 0 radical (unpaired) electrons. The van der Waals surface area contributed by atoms with Gasteiger partial charge in [0.15, 0.2) is 0 Å². The number of allylic oxidation sites excluding steroid dienone is 1. The van der Waals surface area contributed by atoms with Crippen LogP contribution in [-0.4, -0.2) is 22.4 Å². The molecule has 3 rings (SSSR count). The summed E-state index contributed by atoms with van der Waals surface area (Å²) in [6.07, 6.45) is 5.39. The van der Waals surface area contributed by atoms with E-state index in [1.165, 1.54) is 5.57 Å². The lowest BCUT2D eigenvalue weighted by molar-refractivity contribution is -0.120. The molecule has 1 atom stereocenters. The molecule has 0 spiro atoms. The van der Waals surface area contributed by atoms with E-state index in [1.54, 1.807) is 18.0 Å². The molecule has 0 aromatic carbocycles. The minimum Gasteiger partial charge on any atom is -0.349 e. The van der Waals surface area contributed by atoms with Gasteiger partial charge in [0, 0.05) is 18.8 Å². The van der Waals surface area contributed by atoms with E-state index in [1.807, 2.05) is 24.4 Å². The molecule has 0 aliphatic carbocycles. The second kappa shape index (κ2) is 4.94. The highest BCUT2D eigenvalue weighted by molar-refractivity contribution is 8.04. The Kier molecular flexibility index (Phi) is 3.15. The van der Waals surface area contributed by atoms with Crippen LogP contribution in [0.25, 0.3) is 0 Å². The van der Waals surface area contributed by atoms with Crippen LogP contribution in [0.15, 0.2) is 40.0 Å². The average molecular weight is 259 g/mol. The standard InChI is InChI=1S/C13H13N3OS/c17-12(16-8-10-3-1-2-5-14-10)11-7-9-4-6-15-13(9)18-11/h1-3,5-6,11H,4,7-8H2,(H,16,17). The van der Waals surface area contributed by atoms with Gasteiger partial charge >= 0.3 is 0 Å². The van der Waals surface area contributed by atoms with Gasteiger partial charge in [-0.1, -0.05) is 17.8 Å². The van der Waals surface area contributed by atoms with Crippen LogP contribution in [0.4, 0.5) is 0 Å². The molecule has 1 N–H and O–H groups in total. The maximum absolute atomic E-state index is 12.0. The summed E-state index contributed by atoms with van der Waals surface area (Å²) in [5.41, 5.74) is 2.19. The fourth-order valence-corrected chi connectivity index (χ4v) is 3.26. The molecule has 0 bridgehead atoms. The molecule has 1 aromatic rings. The van der Waals surface area contributed by atoms with Crippen molar-refractivity contribution in [3.05, 3.63) is 40.7 Å². The smallest absolute Gasteiger partial charge is 0.234 e. The van der Waals surface area contributed by atoms with Gasteiger partial charge in [0.2, 0.25) is 5.91 Å². The predicted molar refractivity (Wildman–Crippen MR) is 72.2 cm³/mol. The number of aromatic nitrogens is 1. The van der Waals surface area contributed by atoms with Crippen LogP contribution in [-0.2, 0) is 11.3 Å². The van der Waals surface area contributed by atoms with Crippen LogP contribution in [0.3, 0.4) is 0 Å². The van der Waals surface area contributed by atoms with Gasteiger partial charge in [-0.05, 0) is 24.1 Å². The summed E-state index contributed by atoms with van der Waals surface area (Å²) in [6.45, 7) is 0.491. The monoisotopic (exact) mass is 259 g/mol. The van der Waals surface area contributed by atoms with Crippen molar-refractivity contribution in [3.8, 4) is 0 Å². The van der Waals surface area contributed by atoms with E-state index in [0.717, 1.165) is 23.6 Å². The molecule has 3 heterocycles. The fraction of sp³-hybridized carbons (Fsp3) is 0.308. The average Bonchev–Trinajstić information content (AvgIpc) is 2.98. The van der Waals surface area contributed by atoms with Crippen LogP contribution < -0.4 is 5.32 Å². The lowest BCUT2D eigenvalue weighted by Gasteiger charge is -2.10. The van der Waals surface area contributed by atoms with Crippen molar-refractivity contribution in [3.63, 3.8) is 0 Å². The number of carbonyl (C=O) groups is 1. The molecule has 4 nitrogen and oxygen atoms in total. The van der Waals surface area contributed by atoms with E-state index >= 15 is 0 Å². The summed E-state index contributed by atoms with van der Waals surface area (Å²) < 4.78 is 0. The van der Waals surface area contributed by atoms with Crippen LogP contribution >= 0.6 is 11.8 Å². The number of aliphatic imine (C=N–C) groups is 1. The van der Waals surface area contributed by atoms with Gasteiger partial charge in [0.1, 0.15) is 0 Å². The molecule has 5 heteroatoms. The molecule has 18 heavy (non-hydrogen) atoms. The molecule has 0 fully saturated rings. The highest BCUT2D eigenvalue weighted by Gasteiger charge is 2.31. The largest absolute Gasteiger partial charge is 0.349 e. The van der Waals surface area contributed by atoms with Crippen LogP contribution in [0.2, 0.25) is 0 Å². The quantitative estimate of drug-likeness (QED) is 0.902. The van der Waals surface area contributed by atoms with Crippen molar-refractivity contribution in [2.45, 2.75) is 24.6 Å². The van der Waals surface area contributed by atoms with Crippen molar-refractivity contribution < 1.29 is 4.79 Å². The maximum atomic E-state index is 12.0. The van der Waals surface area contributed by atoms with Gasteiger partial charge in [-0.15, -0.1) is 0 Å². The second-order valence-electron chi connectivity index (χ2n) is 4.27. The number of hydrogen-bond donors (Lipinski definition) is 1. The topological polar surface area (TPSA) is 54.4 Å². The Hall–Kier alpha value is -1.62. The van der Waals surface area contributed by atoms with E-state index in [4.69, 9.17) is 0 Å². The van der Waals surface area contributed by atoms with E-state index in [0.29, 0.717) is 6.54 Å². The SMILES string of the molecule is O=C(NCc1ccccn1)C1CC2=C(N=CC2)S1. The van der Waals surface area contributed by atoms with Gasteiger partial charge in [-0.3, -0.25) is 14.8 Å². The van der Waals surface area contributed by atoms with E-state index < -0.39 is 0 Å². The number of nitrogens with one attached hydrogen (secondary N) is 1. The number of rotatable bonds is 3. The molecule has 0 saturated carbocycles. The maximum Gasteiger partial charge on any atom is 0.234 e. The Morgan fingerprint density at radius 3 is 3.22 bits per heavy atom. The predicted octanol–water partition coefficient (Wildman–Crippen LogP) is 1.89. The second-order valence-corrected chi connectivity index (χ2v) is 5.47. The normalized spacial score (nSPS) is 21.2. The summed E-state index contributed by atoms with van der Waals surface area (Å²) in [4.78, 5) is 20.5. The van der Waals surface area contributed by atoms with Crippen molar-refractivity contribution in [2.75, 3.05) is 0 Å².